The zero-order valence-electron chi connectivity index (χ0n) is 11.7. The van der Waals surface area contributed by atoms with Crippen LogP contribution in [0.4, 0.5) is 5.13 Å². The van der Waals surface area contributed by atoms with Crippen molar-refractivity contribution in [1.29, 1.82) is 0 Å². The number of hydrogen-bond donors (Lipinski definition) is 1. The van der Waals surface area contributed by atoms with Crippen LogP contribution in [0, 0.1) is 20.8 Å². The van der Waals surface area contributed by atoms with Crippen molar-refractivity contribution in [2.24, 2.45) is 0 Å². The molecule has 0 bridgehead atoms. The smallest absolute Gasteiger partial charge is 0.183 e. The first-order valence-electron chi connectivity index (χ1n) is 6.29. The summed E-state index contributed by atoms with van der Waals surface area (Å²) < 4.78 is 0. The number of hydrogen-bond acceptors (Lipinski definition) is 3. The Balaban J connectivity index is 2.38. The van der Waals surface area contributed by atoms with Crippen molar-refractivity contribution >= 4 is 16.5 Å². The van der Waals surface area contributed by atoms with E-state index in [2.05, 4.69) is 58.1 Å². The van der Waals surface area contributed by atoms with Crippen LogP contribution in [0.25, 0.3) is 11.3 Å². The maximum Gasteiger partial charge on any atom is 0.183 e. The van der Waals surface area contributed by atoms with Gasteiger partial charge in [0, 0.05) is 16.5 Å². The second kappa shape index (κ2) is 5.11. The first kappa shape index (κ1) is 13.1. The minimum Gasteiger partial charge on any atom is -0.359 e. The molecule has 0 atom stereocenters. The average Bonchev–Trinajstić information content (AvgIpc) is 2.62. The van der Waals surface area contributed by atoms with Crippen LogP contribution in [0.3, 0.4) is 0 Å². The van der Waals surface area contributed by atoms with Gasteiger partial charge in [0.15, 0.2) is 5.13 Å². The Labute approximate surface area is 113 Å². The fourth-order valence-corrected chi connectivity index (χ4v) is 2.84. The van der Waals surface area contributed by atoms with E-state index in [0.29, 0.717) is 6.04 Å². The van der Waals surface area contributed by atoms with Crippen LogP contribution in [-0.2, 0) is 0 Å². The molecule has 2 nitrogen and oxygen atoms in total. The Bertz CT molecular complexity index is 556. The van der Waals surface area contributed by atoms with Gasteiger partial charge in [-0.2, -0.15) is 0 Å². The van der Waals surface area contributed by atoms with Crippen molar-refractivity contribution in [2.45, 2.75) is 40.7 Å². The second-order valence-electron chi connectivity index (χ2n) is 5.02. The van der Waals surface area contributed by atoms with E-state index in [1.807, 2.05) is 0 Å². The lowest BCUT2D eigenvalue weighted by Crippen LogP contribution is -2.08. The lowest BCUT2D eigenvalue weighted by molar-refractivity contribution is 0.897. The van der Waals surface area contributed by atoms with Crippen molar-refractivity contribution in [3.63, 3.8) is 0 Å². The third-order valence-corrected chi connectivity index (χ3v) is 3.89. The Hall–Kier alpha value is -1.35. The van der Waals surface area contributed by atoms with Crippen LogP contribution in [0.5, 0.6) is 0 Å². The number of aryl methyl sites for hydroxylation is 3. The van der Waals surface area contributed by atoms with Crippen molar-refractivity contribution in [2.75, 3.05) is 5.32 Å². The van der Waals surface area contributed by atoms with Crippen LogP contribution in [0.15, 0.2) is 18.2 Å². The van der Waals surface area contributed by atoms with E-state index < -0.39 is 0 Å². The van der Waals surface area contributed by atoms with Crippen molar-refractivity contribution in [3.8, 4) is 11.3 Å². The quantitative estimate of drug-likeness (QED) is 0.875. The van der Waals surface area contributed by atoms with E-state index in [9.17, 15) is 0 Å². The van der Waals surface area contributed by atoms with E-state index in [4.69, 9.17) is 4.98 Å². The molecule has 0 spiro atoms. The number of nitrogens with one attached hydrogen (secondary N) is 1. The Morgan fingerprint density at radius 2 is 1.83 bits per heavy atom. The molecule has 1 aromatic carbocycles. The van der Waals surface area contributed by atoms with E-state index in [1.165, 1.54) is 21.6 Å². The van der Waals surface area contributed by atoms with Crippen LogP contribution in [0.1, 0.15) is 29.9 Å². The summed E-state index contributed by atoms with van der Waals surface area (Å²) in [4.78, 5) is 5.96. The van der Waals surface area contributed by atoms with Gasteiger partial charge in [0.05, 0.1) is 5.69 Å². The molecule has 0 unspecified atom stereocenters. The van der Waals surface area contributed by atoms with E-state index in [-0.39, 0.29) is 0 Å². The topological polar surface area (TPSA) is 24.9 Å². The molecule has 3 heteroatoms. The maximum atomic E-state index is 4.70. The highest BCUT2D eigenvalue weighted by Gasteiger charge is 2.10. The molecule has 0 radical (unpaired) electrons. The molecule has 0 aliphatic heterocycles. The van der Waals surface area contributed by atoms with Crippen molar-refractivity contribution in [3.05, 3.63) is 34.2 Å². The molecule has 0 aliphatic rings. The van der Waals surface area contributed by atoms with Gasteiger partial charge in [-0.3, -0.25) is 0 Å². The molecule has 0 fully saturated rings. The van der Waals surface area contributed by atoms with Crippen LogP contribution in [-0.4, -0.2) is 11.0 Å². The van der Waals surface area contributed by atoms with Crippen LogP contribution in [0.2, 0.25) is 0 Å². The van der Waals surface area contributed by atoms with Gasteiger partial charge in [-0.15, -0.1) is 11.3 Å². The standard InChI is InChI=1S/C15H20N2S/c1-9(2)16-15-17-14(12(5)18-15)13-7-6-10(3)11(4)8-13/h6-9H,1-5H3,(H,16,17). The third-order valence-electron chi connectivity index (χ3n) is 2.99. The molecular weight excluding hydrogens is 240 g/mol. The molecular formula is C15H20N2S. The lowest BCUT2D eigenvalue weighted by atomic mass is 10.0. The summed E-state index contributed by atoms with van der Waals surface area (Å²) >= 11 is 1.73. The van der Waals surface area contributed by atoms with Gasteiger partial charge in [0.2, 0.25) is 0 Å². The Kier molecular flexibility index (Phi) is 3.71. The largest absolute Gasteiger partial charge is 0.359 e. The molecule has 1 aromatic heterocycles. The number of anilines is 1. The van der Waals surface area contributed by atoms with Gasteiger partial charge in [-0.25, -0.2) is 4.98 Å². The molecule has 1 heterocycles. The summed E-state index contributed by atoms with van der Waals surface area (Å²) in [5, 5.41) is 4.38. The number of thiazole rings is 1. The number of rotatable bonds is 3. The first-order chi connectivity index (χ1) is 8.47. The van der Waals surface area contributed by atoms with Gasteiger partial charge in [-0.05, 0) is 51.8 Å². The monoisotopic (exact) mass is 260 g/mol. The molecule has 0 saturated heterocycles. The van der Waals surface area contributed by atoms with Gasteiger partial charge in [-0.1, -0.05) is 12.1 Å². The Morgan fingerprint density at radius 1 is 1.11 bits per heavy atom. The number of nitrogens with zero attached hydrogens (tertiary/aromatic N) is 1. The highest BCUT2D eigenvalue weighted by molar-refractivity contribution is 7.16. The van der Waals surface area contributed by atoms with Crippen molar-refractivity contribution < 1.29 is 0 Å². The highest BCUT2D eigenvalue weighted by atomic mass is 32.1. The summed E-state index contributed by atoms with van der Waals surface area (Å²) in [6.45, 7) is 10.7. The first-order valence-corrected chi connectivity index (χ1v) is 7.10. The molecule has 0 saturated carbocycles. The zero-order valence-corrected chi connectivity index (χ0v) is 12.5. The van der Waals surface area contributed by atoms with Crippen LogP contribution < -0.4 is 5.32 Å². The molecule has 2 rings (SSSR count). The van der Waals surface area contributed by atoms with Crippen LogP contribution >= 0.6 is 11.3 Å². The third kappa shape index (κ3) is 2.72. The second-order valence-corrected chi connectivity index (χ2v) is 6.23. The fraction of sp³-hybridized carbons (Fsp3) is 0.400. The van der Waals surface area contributed by atoms with Gasteiger partial charge >= 0.3 is 0 Å². The zero-order chi connectivity index (χ0) is 13.3. The molecule has 18 heavy (non-hydrogen) atoms. The summed E-state index contributed by atoms with van der Waals surface area (Å²) in [6, 6.07) is 6.96. The Morgan fingerprint density at radius 3 is 2.44 bits per heavy atom. The molecule has 0 amide bonds. The molecule has 0 aliphatic carbocycles. The van der Waals surface area contributed by atoms with Gasteiger partial charge in [0.1, 0.15) is 0 Å². The minimum absolute atomic E-state index is 0.420. The van der Waals surface area contributed by atoms with Gasteiger partial charge in [0.25, 0.3) is 0 Å². The van der Waals surface area contributed by atoms with E-state index in [0.717, 1.165) is 10.8 Å². The summed E-state index contributed by atoms with van der Waals surface area (Å²) in [7, 11) is 0. The maximum absolute atomic E-state index is 4.70. The predicted molar refractivity (Wildman–Crippen MR) is 80.5 cm³/mol. The average molecular weight is 260 g/mol. The summed E-state index contributed by atoms with van der Waals surface area (Å²) in [6.07, 6.45) is 0. The van der Waals surface area contributed by atoms with Gasteiger partial charge < -0.3 is 5.32 Å². The predicted octanol–water partition coefficient (Wildman–Crippen LogP) is 4.56. The molecule has 2 aromatic rings. The van der Waals surface area contributed by atoms with E-state index in [1.54, 1.807) is 11.3 Å². The minimum atomic E-state index is 0.420. The lowest BCUT2D eigenvalue weighted by Gasteiger charge is -2.05. The molecule has 1 N–H and O–H groups in total. The summed E-state index contributed by atoms with van der Waals surface area (Å²) in [5.41, 5.74) is 4.96. The normalized spacial score (nSPS) is 11.0. The fourth-order valence-electron chi connectivity index (χ4n) is 1.86. The van der Waals surface area contributed by atoms with E-state index >= 15 is 0 Å². The van der Waals surface area contributed by atoms with Crippen molar-refractivity contribution in [1.82, 2.24) is 4.98 Å². The summed E-state index contributed by atoms with van der Waals surface area (Å²) in [5.74, 6) is 0. The number of aromatic nitrogens is 1. The molecule has 96 valence electrons. The highest BCUT2D eigenvalue weighted by Crippen LogP contribution is 2.31. The number of benzene rings is 1. The SMILES string of the molecule is Cc1ccc(-c2nc(NC(C)C)sc2C)cc1C.